The molecular formula is C20H22N4O5S. The average molecular weight is 430 g/mol. The Morgan fingerprint density at radius 3 is 2.23 bits per heavy atom. The van der Waals surface area contributed by atoms with Gasteiger partial charge in [0.2, 0.25) is 11.8 Å². The number of carbonyl (C=O) groups excluding carboxylic acids is 1. The van der Waals surface area contributed by atoms with Crippen LogP contribution in [-0.4, -0.2) is 52.6 Å². The molecular weight excluding hydrogens is 408 g/mol. The predicted octanol–water partition coefficient (Wildman–Crippen LogP) is 3.68. The lowest BCUT2D eigenvalue weighted by molar-refractivity contribution is 0.0513. The van der Waals surface area contributed by atoms with E-state index in [1.165, 1.54) is 32.0 Å². The van der Waals surface area contributed by atoms with Crippen LogP contribution in [0.5, 0.6) is 23.7 Å². The lowest BCUT2D eigenvalue weighted by Gasteiger charge is -2.11. The van der Waals surface area contributed by atoms with Gasteiger partial charge in [-0.2, -0.15) is 15.0 Å². The highest BCUT2D eigenvalue weighted by molar-refractivity contribution is 7.98. The zero-order valence-electron chi connectivity index (χ0n) is 17.3. The van der Waals surface area contributed by atoms with Crippen molar-refractivity contribution in [3.63, 3.8) is 0 Å². The van der Waals surface area contributed by atoms with Gasteiger partial charge in [-0.05, 0) is 32.2 Å². The van der Waals surface area contributed by atoms with Crippen LogP contribution in [0.4, 0.5) is 0 Å². The molecule has 0 fully saturated rings. The Labute approximate surface area is 178 Å². The second-order valence-electron chi connectivity index (χ2n) is 5.98. The lowest BCUT2D eigenvalue weighted by atomic mass is 10.2. The smallest absolute Gasteiger partial charge is 0.361 e. The number of ether oxygens (including phenoxy) is 4. The van der Waals surface area contributed by atoms with Crippen molar-refractivity contribution in [1.29, 1.82) is 0 Å². The number of esters is 1. The fourth-order valence-corrected chi connectivity index (χ4v) is 3.18. The van der Waals surface area contributed by atoms with E-state index < -0.39 is 5.97 Å². The van der Waals surface area contributed by atoms with Crippen LogP contribution >= 0.6 is 11.8 Å². The van der Waals surface area contributed by atoms with E-state index in [9.17, 15) is 4.79 Å². The van der Waals surface area contributed by atoms with E-state index in [2.05, 4.69) is 15.0 Å². The largest absolute Gasteiger partial charge is 0.481 e. The number of aromatic nitrogens is 4. The first-order chi connectivity index (χ1) is 14.5. The third kappa shape index (κ3) is 4.48. The number of aryl methyl sites for hydroxylation is 1. The Bertz CT molecular complexity index is 1010. The number of benzene rings is 1. The molecule has 0 radical (unpaired) electrons. The fraction of sp³-hybridized carbons (Fsp3) is 0.300. The van der Waals surface area contributed by atoms with Crippen LogP contribution in [-0.2, 0) is 4.74 Å². The quantitative estimate of drug-likeness (QED) is 0.391. The summed E-state index contributed by atoms with van der Waals surface area (Å²) < 4.78 is 23.1. The minimum absolute atomic E-state index is 0.0219. The molecule has 30 heavy (non-hydrogen) atoms. The van der Waals surface area contributed by atoms with Crippen molar-refractivity contribution in [3.05, 3.63) is 41.6 Å². The first kappa shape index (κ1) is 21.4. The molecule has 0 aliphatic heterocycles. The molecule has 3 aromatic rings. The minimum Gasteiger partial charge on any atom is -0.481 e. The Hall–Kier alpha value is -3.27. The zero-order chi connectivity index (χ0) is 21.7. The van der Waals surface area contributed by atoms with Crippen molar-refractivity contribution >= 4 is 17.7 Å². The Kier molecular flexibility index (Phi) is 6.78. The number of rotatable bonds is 8. The van der Waals surface area contributed by atoms with E-state index in [0.29, 0.717) is 5.16 Å². The lowest BCUT2D eigenvalue weighted by Crippen LogP contribution is -2.13. The van der Waals surface area contributed by atoms with Gasteiger partial charge in [0.05, 0.1) is 26.9 Å². The predicted molar refractivity (Wildman–Crippen MR) is 111 cm³/mol. The second-order valence-corrected chi connectivity index (χ2v) is 6.75. The summed E-state index contributed by atoms with van der Waals surface area (Å²) in [6, 6.07) is 9.13. The molecule has 0 bridgehead atoms. The summed E-state index contributed by atoms with van der Waals surface area (Å²) in [6.07, 6.45) is 1.86. The molecule has 0 atom stereocenters. The van der Waals surface area contributed by atoms with E-state index in [0.717, 1.165) is 11.3 Å². The highest BCUT2D eigenvalue weighted by Crippen LogP contribution is 2.33. The van der Waals surface area contributed by atoms with Crippen LogP contribution in [0.1, 0.15) is 23.0 Å². The van der Waals surface area contributed by atoms with Gasteiger partial charge in [-0.1, -0.05) is 29.5 Å². The van der Waals surface area contributed by atoms with E-state index >= 15 is 0 Å². The standard InChI is InChI=1S/C20H22N4O5S/c1-6-28-18(25)16-17(29-19-21-14(26-3)11-15(22-19)27-4)23-20(30-5)24(16)13-9-7-12(2)8-10-13/h7-11H,6H2,1-5H3. The summed E-state index contributed by atoms with van der Waals surface area (Å²) in [5.74, 6) is -0.0559. The number of hydrogen-bond donors (Lipinski definition) is 0. The van der Waals surface area contributed by atoms with Crippen molar-refractivity contribution < 1.29 is 23.7 Å². The summed E-state index contributed by atoms with van der Waals surface area (Å²) in [7, 11) is 2.93. The monoisotopic (exact) mass is 430 g/mol. The van der Waals surface area contributed by atoms with Crippen LogP contribution in [0, 0.1) is 6.92 Å². The van der Waals surface area contributed by atoms with Crippen molar-refractivity contribution in [2.45, 2.75) is 19.0 Å². The number of hydrogen-bond acceptors (Lipinski definition) is 9. The first-order valence-corrected chi connectivity index (χ1v) is 10.3. The van der Waals surface area contributed by atoms with E-state index in [-0.39, 0.29) is 36.0 Å². The van der Waals surface area contributed by atoms with Crippen LogP contribution in [0.15, 0.2) is 35.5 Å². The van der Waals surface area contributed by atoms with Crippen LogP contribution < -0.4 is 14.2 Å². The number of carbonyl (C=O) groups is 1. The van der Waals surface area contributed by atoms with Gasteiger partial charge in [-0.3, -0.25) is 4.57 Å². The maximum Gasteiger partial charge on any atom is 0.361 e. The maximum atomic E-state index is 12.8. The fourth-order valence-electron chi connectivity index (χ4n) is 2.63. The van der Waals surface area contributed by atoms with Gasteiger partial charge >= 0.3 is 12.0 Å². The molecule has 158 valence electrons. The molecule has 0 aliphatic carbocycles. The third-order valence-corrected chi connectivity index (χ3v) is 4.66. The van der Waals surface area contributed by atoms with Crippen molar-refractivity contribution in [2.75, 3.05) is 27.1 Å². The number of methoxy groups -OCH3 is 2. The molecule has 0 spiro atoms. The molecule has 0 saturated carbocycles. The Balaban J connectivity index is 2.14. The first-order valence-electron chi connectivity index (χ1n) is 9.06. The van der Waals surface area contributed by atoms with Gasteiger partial charge in [0.25, 0.3) is 5.88 Å². The van der Waals surface area contributed by atoms with E-state index in [1.54, 1.807) is 11.5 Å². The highest BCUT2D eigenvalue weighted by atomic mass is 32.2. The molecule has 9 nitrogen and oxygen atoms in total. The van der Waals surface area contributed by atoms with Gasteiger partial charge in [-0.15, -0.1) is 0 Å². The molecule has 0 aliphatic rings. The summed E-state index contributed by atoms with van der Waals surface area (Å²) in [4.78, 5) is 25.6. The minimum atomic E-state index is -0.573. The van der Waals surface area contributed by atoms with Crippen molar-refractivity contribution in [3.8, 4) is 29.3 Å². The molecule has 10 heteroatoms. The Morgan fingerprint density at radius 1 is 1.07 bits per heavy atom. The third-order valence-electron chi connectivity index (χ3n) is 4.02. The molecule has 3 rings (SSSR count). The molecule has 1 aromatic carbocycles. The molecule has 0 N–H and O–H groups in total. The van der Waals surface area contributed by atoms with Crippen LogP contribution in [0.3, 0.4) is 0 Å². The maximum absolute atomic E-state index is 12.8. The van der Waals surface area contributed by atoms with Crippen molar-refractivity contribution in [2.24, 2.45) is 0 Å². The van der Waals surface area contributed by atoms with Crippen molar-refractivity contribution in [1.82, 2.24) is 19.5 Å². The SMILES string of the molecule is CCOC(=O)c1c(Oc2nc(OC)cc(OC)n2)nc(SC)n1-c1ccc(C)cc1. The molecule has 0 unspecified atom stereocenters. The molecule has 0 amide bonds. The number of nitrogens with zero attached hydrogens (tertiary/aromatic N) is 4. The van der Waals surface area contributed by atoms with E-state index in [1.807, 2.05) is 37.4 Å². The number of imidazole rings is 1. The van der Waals surface area contributed by atoms with Gasteiger partial charge < -0.3 is 18.9 Å². The topological polar surface area (TPSA) is 97.6 Å². The normalized spacial score (nSPS) is 10.6. The summed E-state index contributed by atoms with van der Waals surface area (Å²) in [5.41, 5.74) is 1.98. The molecule has 0 saturated heterocycles. The van der Waals surface area contributed by atoms with Gasteiger partial charge in [0.1, 0.15) is 0 Å². The summed E-state index contributed by atoms with van der Waals surface area (Å²) in [6.45, 7) is 3.92. The van der Waals surface area contributed by atoms with Gasteiger partial charge in [-0.25, -0.2) is 4.79 Å². The molecule has 2 heterocycles. The highest BCUT2D eigenvalue weighted by Gasteiger charge is 2.28. The average Bonchev–Trinajstić information content (AvgIpc) is 3.12. The van der Waals surface area contributed by atoms with Gasteiger partial charge in [0.15, 0.2) is 10.9 Å². The van der Waals surface area contributed by atoms with Crippen LogP contribution in [0.25, 0.3) is 5.69 Å². The second kappa shape index (κ2) is 9.49. The number of thioether (sulfide) groups is 1. The summed E-state index contributed by atoms with van der Waals surface area (Å²) in [5, 5.41) is 0.548. The van der Waals surface area contributed by atoms with E-state index in [4.69, 9.17) is 18.9 Å². The summed E-state index contributed by atoms with van der Waals surface area (Å²) >= 11 is 1.36. The Morgan fingerprint density at radius 2 is 1.70 bits per heavy atom. The van der Waals surface area contributed by atoms with Gasteiger partial charge in [0, 0.05) is 5.69 Å². The zero-order valence-corrected chi connectivity index (χ0v) is 18.1. The van der Waals surface area contributed by atoms with Crippen LogP contribution in [0.2, 0.25) is 0 Å². The molecule has 2 aromatic heterocycles.